The lowest BCUT2D eigenvalue weighted by atomic mass is 10.2. The van der Waals surface area contributed by atoms with E-state index in [1.54, 1.807) is 11.0 Å². The maximum atomic E-state index is 12.0. The van der Waals surface area contributed by atoms with Crippen molar-refractivity contribution < 1.29 is 4.79 Å². The first-order valence-corrected chi connectivity index (χ1v) is 5.67. The zero-order valence-electron chi connectivity index (χ0n) is 9.82. The van der Waals surface area contributed by atoms with Gasteiger partial charge in [0, 0.05) is 25.4 Å². The zero-order chi connectivity index (χ0) is 12.0. The summed E-state index contributed by atoms with van der Waals surface area (Å²) in [4.78, 5) is 27.2. The fraction of sp³-hybridized carbons (Fsp3) is 0.500. The normalized spacial score (nSPS) is 10.1. The van der Waals surface area contributed by atoms with Crippen LogP contribution < -0.4 is 5.56 Å². The first kappa shape index (κ1) is 12.5. The van der Waals surface area contributed by atoms with Crippen LogP contribution in [0.3, 0.4) is 0 Å². The first-order valence-electron chi connectivity index (χ1n) is 5.67. The number of nitrogens with one attached hydrogen (secondary N) is 1. The number of hydrogen-bond acceptors (Lipinski definition) is 2. The smallest absolute Gasteiger partial charge is 0.255 e. The molecule has 0 unspecified atom stereocenters. The molecule has 0 aliphatic carbocycles. The lowest BCUT2D eigenvalue weighted by Gasteiger charge is -2.20. The van der Waals surface area contributed by atoms with Crippen molar-refractivity contribution in [3.63, 3.8) is 0 Å². The fourth-order valence-corrected chi connectivity index (χ4v) is 1.48. The number of hydrogen-bond donors (Lipinski definition) is 1. The molecule has 1 N–H and O–H groups in total. The second kappa shape index (κ2) is 6.10. The number of carbonyl (C=O) groups is 1. The quantitative estimate of drug-likeness (QED) is 0.823. The Morgan fingerprint density at radius 2 is 2.12 bits per heavy atom. The first-order chi connectivity index (χ1) is 7.69. The van der Waals surface area contributed by atoms with E-state index in [0.717, 1.165) is 19.4 Å². The predicted octanol–water partition coefficient (Wildman–Crippen LogP) is 1.64. The van der Waals surface area contributed by atoms with Crippen LogP contribution in [-0.2, 0) is 0 Å². The molecule has 1 aromatic heterocycles. The molecule has 0 bridgehead atoms. The molecule has 0 aliphatic heterocycles. The molecule has 0 spiro atoms. The number of carbonyl (C=O) groups excluding carboxylic acids is 1. The highest BCUT2D eigenvalue weighted by atomic mass is 16.2. The van der Waals surface area contributed by atoms with Gasteiger partial charge in [-0.15, -0.1) is 0 Å². The van der Waals surface area contributed by atoms with Gasteiger partial charge >= 0.3 is 0 Å². The molecule has 1 amide bonds. The van der Waals surface area contributed by atoms with E-state index >= 15 is 0 Å². The van der Waals surface area contributed by atoms with E-state index in [9.17, 15) is 9.59 Å². The molecule has 16 heavy (non-hydrogen) atoms. The van der Waals surface area contributed by atoms with E-state index in [-0.39, 0.29) is 11.5 Å². The van der Waals surface area contributed by atoms with Gasteiger partial charge < -0.3 is 9.88 Å². The summed E-state index contributed by atoms with van der Waals surface area (Å²) in [6.45, 7) is 5.51. The molecule has 1 rings (SSSR count). The molecule has 1 heterocycles. The molecule has 0 saturated heterocycles. The van der Waals surface area contributed by atoms with Crippen LogP contribution >= 0.6 is 0 Å². The SMILES string of the molecule is CCCCN(CC)C(=O)c1ccc(=O)[nH]c1. The lowest BCUT2D eigenvalue weighted by molar-refractivity contribution is 0.0762. The van der Waals surface area contributed by atoms with Gasteiger partial charge in [-0.1, -0.05) is 13.3 Å². The predicted molar refractivity (Wildman–Crippen MR) is 63.5 cm³/mol. The largest absolute Gasteiger partial charge is 0.339 e. The maximum Gasteiger partial charge on any atom is 0.255 e. The second-order valence-corrected chi connectivity index (χ2v) is 3.68. The van der Waals surface area contributed by atoms with Crippen LogP contribution in [0.15, 0.2) is 23.1 Å². The summed E-state index contributed by atoms with van der Waals surface area (Å²) in [5.74, 6) is -0.0211. The van der Waals surface area contributed by atoms with Crippen molar-refractivity contribution in [3.05, 3.63) is 34.2 Å². The van der Waals surface area contributed by atoms with E-state index in [0.29, 0.717) is 12.1 Å². The van der Waals surface area contributed by atoms with Crippen molar-refractivity contribution in [2.75, 3.05) is 13.1 Å². The van der Waals surface area contributed by atoms with Crippen molar-refractivity contribution in [2.24, 2.45) is 0 Å². The van der Waals surface area contributed by atoms with Gasteiger partial charge in [0.1, 0.15) is 0 Å². The standard InChI is InChI=1S/C12H18N2O2/c1-3-5-8-14(4-2)12(16)10-6-7-11(15)13-9-10/h6-7,9H,3-5,8H2,1-2H3,(H,13,15). The van der Waals surface area contributed by atoms with Crippen molar-refractivity contribution in [1.29, 1.82) is 0 Å². The number of pyridine rings is 1. The summed E-state index contributed by atoms with van der Waals surface area (Å²) < 4.78 is 0. The molecule has 0 aromatic carbocycles. The Bertz CT molecular complexity index is 378. The number of aromatic amines is 1. The van der Waals surface area contributed by atoms with E-state index in [4.69, 9.17) is 0 Å². The van der Waals surface area contributed by atoms with Gasteiger partial charge in [-0.25, -0.2) is 0 Å². The van der Waals surface area contributed by atoms with Crippen molar-refractivity contribution in [1.82, 2.24) is 9.88 Å². The Morgan fingerprint density at radius 3 is 2.62 bits per heavy atom. The van der Waals surface area contributed by atoms with E-state index in [2.05, 4.69) is 11.9 Å². The minimum atomic E-state index is -0.187. The van der Waals surface area contributed by atoms with Gasteiger partial charge in [-0.2, -0.15) is 0 Å². The summed E-state index contributed by atoms with van der Waals surface area (Å²) in [6.07, 6.45) is 3.54. The Balaban J connectivity index is 2.74. The third kappa shape index (κ3) is 3.22. The molecule has 0 fully saturated rings. The topological polar surface area (TPSA) is 53.2 Å². The molecule has 0 aliphatic rings. The minimum absolute atomic E-state index is 0.0211. The average Bonchev–Trinajstić information content (AvgIpc) is 2.30. The van der Waals surface area contributed by atoms with Crippen LogP contribution in [0.4, 0.5) is 0 Å². The molecule has 0 atom stereocenters. The highest BCUT2D eigenvalue weighted by Gasteiger charge is 2.13. The van der Waals surface area contributed by atoms with Gasteiger partial charge in [0.05, 0.1) is 5.56 Å². The molecular formula is C12H18N2O2. The molecule has 88 valence electrons. The number of aromatic nitrogens is 1. The van der Waals surface area contributed by atoms with Crippen LogP contribution in [0.2, 0.25) is 0 Å². The minimum Gasteiger partial charge on any atom is -0.339 e. The zero-order valence-corrected chi connectivity index (χ0v) is 9.82. The third-order valence-corrected chi connectivity index (χ3v) is 2.48. The van der Waals surface area contributed by atoms with Crippen molar-refractivity contribution in [2.45, 2.75) is 26.7 Å². The summed E-state index contributed by atoms with van der Waals surface area (Å²) in [5.41, 5.74) is 0.353. The monoisotopic (exact) mass is 222 g/mol. The van der Waals surface area contributed by atoms with E-state index in [1.165, 1.54) is 12.3 Å². The highest BCUT2D eigenvalue weighted by molar-refractivity contribution is 5.93. The maximum absolute atomic E-state index is 12.0. The van der Waals surface area contributed by atoms with Crippen LogP contribution in [0.25, 0.3) is 0 Å². The molecular weight excluding hydrogens is 204 g/mol. The van der Waals surface area contributed by atoms with Crippen LogP contribution in [0.1, 0.15) is 37.0 Å². The van der Waals surface area contributed by atoms with Crippen LogP contribution in [0, 0.1) is 0 Å². The summed E-state index contributed by atoms with van der Waals surface area (Å²) >= 11 is 0. The summed E-state index contributed by atoms with van der Waals surface area (Å²) in [5, 5.41) is 0. The number of nitrogens with zero attached hydrogens (tertiary/aromatic N) is 1. The Labute approximate surface area is 95.3 Å². The van der Waals surface area contributed by atoms with Gasteiger partial charge in [0.2, 0.25) is 5.56 Å². The molecule has 0 radical (unpaired) electrons. The second-order valence-electron chi connectivity index (χ2n) is 3.68. The van der Waals surface area contributed by atoms with Crippen LogP contribution in [0.5, 0.6) is 0 Å². The summed E-state index contributed by atoms with van der Waals surface area (Å²) in [6, 6.07) is 2.94. The Kier molecular flexibility index (Phi) is 4.76. The van der Waals surface area contributed by atoms with Gasteiger partial charge in [0.15, 0.2) is 0 Å². The summed E-state index contributed by atoms with van der Waals surface area (Å²) in [7, 11) is 0. The van der Waals surface area contributed by atoms with Crippen molar-refractivity contribution >= 4 is 5.91 Å². The van der Waals surface area contributed by atoms with E-state index in [1.807, 2.05) is 6.92 Å². The number of rotatable bonds is 5. The lowest BCUT2D eigenvalue weighted by Crippen LogP contribution is -2.32. The molecule has 4 nitrogen and oxygen atoms in total. The Hall–Kier alpha value is -1.58. The van der Waals surface area contributed by atoms with E-state index < -0.39 is 0 Å². The van der Waals surface area contributed by atoms with Crippen LogP contribution in [-0.4, -0.2) is 28.9 Å². The number of amides is 1. The highest BCUT2D eigenvalue weighted by Crippen LogP contribution is 2.03. The Morgan fingerprint density at radius 1 is 1.38 bits per heavy atom. The molecule has 1 aromatic rings. The van der Waals surface area contributed by atoms with Gasteiger partial charge in [0.25, 0.3) is 5.91 Å². The number of unbranched alkanes of at least 4 members (excludes halogenated alkanes) is 1. The fourth-order valence-electron chi connectivity index (χ4n) is 1.48. The molecule has 0 saturated carbocycles. The average molecular weight is 222 g/mol. The van der Waals surface area contributed by atoms with Crippen molar-refractivity contribution in [3.8, 4) is 0 Å². The third-order valence-electron chi connectivity index (χ3n) is 2.48. The molecule has 4 heteroatoms. The number of H-pyrrole nitrogens is 1. The van der Waals surface area contributed by atoms with Gasteiger partial charge in [-0.3, -0.25) is 9.59 Å². The van der Waals surface area contributed by atoms with Gasteiger partial charge in [-0.05, 0) is 19.4 Å².